The Bertz CT molecular complexity index is 109. The molecule has 1 heterocycles. The molecule has 0 atom stereocenters. The van der Waals surface area contributed by atoms with Crippen LogP contribution in [0.1, 0.15) is 0 Å². The van der Waals surface area contributed by atoms with Gasteiger partial charge in [0.15, 0.2) is 0 Å². The van der Waals surface area contributed by atoms with Gasteiger partial charge in [-0.2, -0.15) is 0 Å². The lowest BCUT2D eigenvalue weighted by Crippen LogP contribution is -2.17. The van der Waals surface area contributed by atoms with Crippen molar-refractivity contribution in [1.82, 2.24) is 9.80 Å². The van der Waals surface area contributed by atoms with Crippen molar-refractivity contribution in [2.45, 2.75) is 0 Å². The standard InChI is InChI=1S/C6H12N2/c1-6-4-7(2)5-8(6)3/h1,4-5H2,2-3H3. The highest BCUT2D eigenvalue weighted by atomic mass is 15.4. The third-order valence-electron chi connectivity index (χ3n) is 1.45. The summed E-state index contributed by atoms with van der Waals surface area (Å²) in [6, 6.07) is 0. The Kier molecular flexibility index (Phi) is 1.26. The highest BCUT2D eigenvalue weighted by Gasteiger charge is 2.14. The Labute approximate surface area is 50.4 Å². The van der Waals surface area contributed by atoms with E-state index < -0.39 is 0 Å². The van der Waals surface area contributed by atoms with Crippen LogP contribution in [0, 0.1) is 0 Å². The molecule has 1 saturated heterocycles. The monoisotopic (exact) mass is 112 g/mol. The van der Waals surface area contributed by atoms with E-state index in [1.54, 1.807) is 0 Å². The lowest BCUT2D eigenvalue weighted by Gasteiger charge is -2.09. The molecule has 1 rings (SSSR count). The minimum atomic E-state index is 1.02. The predicted octanol–water partition coefficient (Wildman–Crippen LogP) is 0.335. The summed E-state index contributed by atoms with van der Waals surface area (Å²) in [6.07, 6.45) is 0. The molecule has 0 aliphatic carbocycles. The van der Waals surface area contributed by atoms with Crippen LogP contribution in [0.15, 0.2) is 12.3 Å². The first-order valence-electron chi connectivity index (χ1n) is 2.77. The van der Waals surface area contributed by atoms with Gasteiger partial charge in [0.25, 0.3) is 0 Å². The van der Waals surface area contributed by atoms with Crippen molar-refractivity contribution in [2.75, 3.05) is 27.3 Å². The van der Waals surface area contributed by atoms with Crippen LogP contribution in [0.4, 0.5) is 0 Å². The van der Waals surface area contributed by atoms with E-state index in [9.17, 15) is 0 Å². The van der Waals surface area contributed by atoms with Crippen LogP contribution in [0.5, 0.6) is 0 Å². The molecule has 8 heavy (non-hydrogen) atoms. The molecular formula is C6H12N2. The SMILES string of the molecule is C=C1CN(C)CN1C. The van der Waals surface area contributed by atoms with Crippen molar-refractivity contribution in [3.63, 3.8) is 0 Å². The van der Waals surface area contributed by atoms with Crippen LogP contribution in [0.2, 0.25) is 0 Å². The zero-order chi connectivity index (χ0) is 6.15. The molecule has 0 aromatic heterocycles. The van der Waals surface area contributed by atoms with Crippen molar-refractivity contribution >= 4 is 0 Å². The minimum Gasteiger partial charge on any atom is -0.364 e. The van der Waals surface area contributed by atoms with Crippen molar-refractivity contribution in [3.8, 4) is 0 Å². The lowest BCUT2D eigenvalue weighted by molar-refractivity contribution is 0.327. The van der Waals surface area contributed by atoms with Gasteiger partial charge in [0.1, 0.15) is 0 Å². The van der Waals surface area contributed by atoms with E-state index >= 15 is 0 Å². The molecule has 0 bridgehead atoms. The Morgan fingerprint density at radius 2 is 2.12 bits per heavy atom. The normalized spacial score (nSPS) is 22.8. The van der Waals surface area contributed by atoms with Crippen LogP contribution in [-0.2, 0) is 0 Å². The van der Waals surface area contributed by atoms with Crippen molar-refractivity contribution < 1.29 is 0 Å². The largest absolute Gasteiger partial charge is 0.364 e. The number of nitrogens with zero attached hydrogens (tertiary/aromatic N) is 2. The zero-order valence-electron chi connectivity index (χ0n) is 5.52. The van der Waals surface area contributed by atoms with Gasteiger partial charge >= 0.3 is 0 Å². The molecule has 0 spiro atoms. The fourth-order valence-corrected chi connectivity index (χ4v) is 0.944. The van der Waals surface area contributed by atoms with E-state index in [1.165, 1.54) is 5.70 Å². The molecule has 1 fully saturated rings. The molecule has 1 aliphatic rings. The van der Waals surface area contributed by atoms with E-state index in [0.717, 1.165) is 13.2 Å². The number of likely N-dealkylation sites (N-methyl/N-ethyl adjacent to an activating group) is 2. The molecular weight excluding hydrogens is 100 g/mol. The molecule has 2 heteroatoms. The summed E-state index contributed by atoms with van der Waals surface area (Å²) in [4.78, 5) is 4.38. The fourth-order valence-electron chi connectivity index (χ4n) is 0.944. The van der Waals surface area contributed by atoms with E-state index in [0.29, 0.717) is 0 Å². The summed E-state index contributed by atoms with van der Waals surface area (Å²) < 4.78 is 0. The number of rotatable bonds is 0. The van der Waals surface area contributed by atoms with Gasteiger partial charge in [-0.3, -0.25) is 4.90 Å². The fraction of sp³-hybridized carbons (Fsp3) is 0.667. The van der Waals surface area contributed by atoms with Gasteiger partial charge in [0, 0.05) is 19.3 Å². The summed E-state index contributed by atoms with van der Waals surface area (Å²) in [5.41, 5.74) is 1.22. The van der Waals surface area contributed by atoms with Crippen molar-refractivity contribution in [1.29, 1.82) is 0 Å². The van der Waals surface area contributed by atoms with Crippen LogP contribution >= 0.6 is 0 Å². The van der Waals surface area contributed by atoms with Gasteiger partial charge in [-0.15, -0.1) is 0 Å². The summed E-state index contributed by atoms with van der Waals surface area (Å²) in [6.45, 7) is 5.92. The van der Waals surface area contributed by atoms with Gasteiger partial charge in [-0.25, -0.2) is 0 Å². The number of hydrogen-bond donors (Lipinski definition) is 0. The Morgan fingerprint density at radius 3 is 2.25 bits per heavy atom. The van der Waals surface area contributed by atoms with Gasteiger partial charge in [-0.1, -0.05) is 6.58 Å². The first kappa shape index (κ1) is 5.63. The molecule has 0 amide bonds. The maximum Gasteiger partial charge on any atom is 0.0702 e. The first-order chi connectivity index (χ1) is 3.70. The first-order valence-corrected chi connectivity index (χ1v) is 2.77. The van der Waals surface area contributed by atoms with Crippen LogP contribution in [0.25, 0.3) is 0 Å². The maximum absolute atomic E-state index is 3.87. The lowest BCUT2D eigenvalue weighted by atomic mass is 10.5. The average molecular weight is 112 g/mol. The molecule has 0 aromatic rings. The van der Waals surface area contributed by atoms with E-state index in [-0.39, 0.29) is 0 Å². The van der Waals surface area contributed by atoms with Gasteiger partial charge in [-0.05, 0) is 7.05 Å². The summed E-state index contributed by atoms with van der Waals surface area (Å²) >= 11 is 0. The van der Waals surface area contributed by atoms with Crippen LogP contribution in [-0.4, -0.2) is 37.1 Å². The van der Waals surface area contributed by atoms with Crippen molar-refractivity contribution in [3.05, 3.63) is 12.3 Å². The van der Waals surface area contributed by atoms with Gasteiger partial charge in [0.05, 0.1) is 6.67 Å². The quantitative estimate of drug-likeness (QED) is 0.445. The van der Waals surface area contributed by atoms with E-state index in [1.807, 2.05) is 0 Å². The Morgan fingerprint density at radius 1 is 1.50 bits per heavy atom. The number of hydrogen-bond acceptors (Lipinski definition) is 2. The van der Waals surface area contributed by atoms with Crippen LogP contribution in [0.3, 0.4) is 0 Å². The summed E-state index contributed by atoms with van der Waals surface area (Å²) in [7, 11) is 4.15. The predicted molar refractivity (Wildman–Crippen MR) is 34.4 cm³/mol. The molecule has 0 radical (unpaired) electrons. The molecule has 0 unspecified atom stereocenters. The molecule has 1 aliphatic heterocycles. The highest BCUT2D eigenvalue weighted by molar-refractivity contribution is 4.99. The molecule has 0 N–H and O–H groups in total. The van der Waals surface area contributed by atoms with Crippen molar-refractivity contribution in [2.24, 2.45) is 0 Å². The molecule has 0 aromatic carbocycles. The van der Waals surface area contributed by atoms with E-state index in [2.05, 4.69) is 30.5 Å². The Balaban J connectivity index is 2.51. The summed E-state index contributed by atoms with van der Waals surface area (Å²) in [5, 5.41) is 0. The molecule has 0 saturated carbocycles. The smallest absolute Gasteiger partial charge is 0.0702 e. The highest BCUT2D eigenvalue weighted by Crippen LogP contribution is 2.08. The second kappa shape index (κ2) is 1.78. The average Bonchev–Trinajstić information content (AvgIpc) is 1.85. The third kappa shape index (κ3) is 0.842. The zero-order valence-corrected chi connectivity index (χ0v) is 5.52. The minimum absolute atomic E-state index is 1.02. The second-order valence-electron chi connectivity index (χ2n) is 2.42. The van der Waals surface area contributed by atoms with Gasteiger partial charge in [0.2, 0.25) is 0 Å². The maximum atomic E-state index is 3.87. The Hall–Kier alpha value is -0.500. The second-order valence-corrected chi connectivity index (χ2v) is 2.42. The third-order valence-corrected chi connectivity index (χ3v) is 1.45. The molecule has 46 valence electrons. The summed E-state index contributed by atoms with van der Waals surface area (Å²) in [5.74, 6) is 0. The van der Waals surface area contributed by atoms with Crippen LogP contribution < -0.4 is 0 Å². The topological polar surface area (TPSA) is 6.48 Å². The van der Waals surface area contributed by atoms with Gasteiger partial charge < -0.3 is 4.90 Å². The van der Waals surface area contributed by atoms with E-state index in [4.69, 9.17) is 0 Å². The molecule has 2 nitrogen and oxygen atoms in total.